The van der Waals surface area contributed by atoms with Gasteiger partial charge in [0.1, 0.15) is 17.9 Å². The monoisotopic (exact) mass is 638 g/mol. The molecule has 13 nitrogen and oxygen atoms in total. The van der Waals surface area contributed by atoms with Gasteiger partial charge in [-0.3, -0.25) is 23.5 Å². The van der Waals surface area contributed by atoms with E-state index in [0.29, 0.717) is 11.1 Å². The summed E-state index contributed by atoms with van der Waals surface area (Å²) < 4.78 is 24.0. The van der Waals surface area contributed by atoms with E-state index in [0.717, 1.165) is 7.11 Å². The van der Waals surface area contributed by atoms with Gasteiger partial charge in [0, 0.05) is 13.0 Å². The van der Waals surface area contributed by atoms with Gasteiger partial charge in [0.05, 0.1) is 13.5 Å². The summed E-state index contributed by atoms with van der Waals surface area (Å²) in [6, 6.07) is 4.44. The Labute approximate surface area is 259 Å². The number of carbonyl (C=O) groups is 4. The molecule has 5 atom stereocenters. The summed E-state index contributed by atoms with van der Waals surface area (Å²) in [5, 5.41) is 20.9. The van der Waals surface area contributed by atoms with E-state index in [1.165, 1.54) is 6.08 Å². The van der Waals surface area contributed by atoms with Crippen LogP contribution in [0.3, 0.4) is 0 Å². The van der Waals surface area contributed by atoms with Gasteiger partial charge >= 0.3 is 13.6 Å². The molecule has 1 unspecified atom stereocenters. The van der Waals surface area contributed by atoms with Gasteiger partial charge in [0.2, 0.25) is 17.7 Å². The maximum Gasteiger partial charge on any atom is 0.351 e. The first-order valence-electron chi connectivity index (χ1n) is 14.7. The van der Waals surface area contributed by atoms with Gasteiger partial charge in [-0.25, -0.2) is 4.79 Å². The van der Waals surface area contributed by atoms with E-state index < -0.39 is 61.7 Å². The standard InChI is InChI=1S/C30H47N4O9P/c1-17(2)11-25(36)33-27(19(5)6)29(38)32-22-15-24(35)31-16-21-10-8-9-20(13-21)14-23(30(39)42-7)43-44(40,41)26(12-18(3)4)34-28(22)37/h8-11,13,17-19,22-23,26-27,33,36H,12,14-16H2,1-7H3,(H,31,35)(H,32,38)(H,34,37)(H,40,41)/b25-11+/t22-,23-,26+,27-/m0/s1. The summed E-state index contributed by atoms with van der Waals surface area (Å²) in [6.45, 7) is 10.8. The molecule has 1 heterocycles. The Balaban J connectivity index is 2.51. The first-order chi connectivity index (χ1) is 20.5. The molecule has 246 valence electrons. The van der Waals surface area contributed by atoms with Crippen LogP contribution in [-0.2, 0) is 46.0 Å². The molecule has 0 aliphatic carbocycles. The second kappa shape index (κ2) is 16.6. The zero-order valence-electron chi connectivity index (χ0n) is 26.5. The lowest BCUT2D eigenvalue weighted by Crippen LogP contribution is -2.56. The Morgan fingerprint density at radius 1 is 1.14 bits per heavy atom. The van der Waals surface area contributed by atoms with Crippen LogP contribution in [0.25, 0.3) is 0 Å². The van der Waals surface area contributed by atoms with Gasteiger partial charge in [0.15, 0.2) is 12.0 Å². The fourth-order valence-electron chi connectivity index (χ4n) is 4.60. The van der Waals surface area contributed by atoms with Gasteiger partial charge in [-0.2, -0.15) is 0 Å². The molecule has 0 spiro atoms. The molecule has 2 rings (SSSR count). The lowest BCUT2D eigenvalue weighted by atomic mass is 10.0. The average molecular weight is 639 g/mol. The highest BCUT2D eigenvalue weighted by molar-refractivity contribution is 7.53. The number of amides is 3. The number of hydrogen-bond acceptors (Lipinski definition) is 9. The molecule has 1 aromatic carbocycles. The summed E-state index contributed by atoms with van der Waals surface area (Å²) in [5.74, 6) is -5.22. The molecular weight excluding hydrogens is 591 g/mol. The molecule has 6 N–H and O–H groups in total. The van der Waals surface area contributed by atoms with Crippen molar-refractivity contribution in [1.29, 1.82) is 0 Å². The number of methoxy groups -OCH3 is 1. The van der Waals surface area contributed by atoms with Crippen molar-refractivity contribution in [3.8, 4) is 0 Å². The minimum absolute atomic E-state index is 0.00889. The van der Waals surface area contributed by atoms with Crippen LogP contribution in [0.4, 0.5) is 0 Å². The number of rotatable bonds is 9. The molecule has 0 fully saturated rings. The minimum Gasteiger partial charge on any atom is -0.495 e. The smallest absolute Gasteiger partial charge is 0.351 e. The average Bonchev–Trinajstić information content (AvgIpc) is 2.92. The summed E-state index contributed by atoms with van der Waals surface area (Å²) >= 11 is 0. The number of esters is 1. The van der Waals surface area contributed by atoms with Crippen molar-refractivity contribution < 1.29 is 43.0 Å². The van der Waals surface area contributed by atoms with E-state index in [-0.39, 0.29) is 43.0 Å². The summed E-state index contributed by atoms with van der Waals surface area (Å²) in [5.41, 5.74) is 1.26. The van der Waals surface area contributed by atoms with E-state index >= 15 is 0 Å². The van der Waals surface area contributed by atoms with Crippen molar-refractivity contribution in [3.05, 3.63) is 47.4 Å². The third-order valence-corrected chi connectivity index (χ3v) is 8.49. The highest BCUT2D eigenvalue weighted by Crippen LogP contribution is 2.50. The van der Waals surface area contributed by atoms with Gasteiger partial charge in [0.25, 0.3) is 0 Å². The Hall–Kier alpha value is -3.41. The zero-order valence-corrected chi connectivity index (χ0v) is 27.4. The van der Waals surface area contributed by atoms with Crippen molar-refractivity contribution in [2.75, 3.05) is 7.11 Å². The summed E-state index contributed by atoms with van der Waals surface area (Å²) in [4.78, 5) is 63.8. The lowest BCUT2D eigenvalue weighted by Gasteiger charge is -2.30. The molecule has 3 amide bonds. The molecule has 0 aromatic heterocycles. The number of nitrogens with one attached hydrogen (secondary N) is 4. The SMILES string of the molecule is COC(=O)[C@@H]1Cc2cccc(c2)CNC(=O)C[C@H](NC(=O)[C@@H](N/C(O)=C\C(C)C)C(C)C)C(=O)N[C@@H](CC(C)C)P(=O)(O)O1. The van der Waals surface area contributed by atoms with Crippen molar-refractivity contribution in [2.45, 2.75) is 91.3 Å². The Kier molecular flexibility index (Phi) is 13.9. The Bertz CT molecular complexity index is 1250. The van der Waals surface area contributed by atoms with Crippen LogP contribution in [-0.4, -0.2) is 64.8 Å². The number of ether oxygens (including phenoxy) is 1. The fourth-order valence-corrected chi connectivity index (χ4v) is 6.25. The fraction of sp³-hybridized carbons (Fsp3) is 0.600. The topological polar surface area (TPSA) is 192 Å². The van der Waals surface area contributed by atoms with E-state index in [9.17, 15) is 33.7 Å². The van der Waals surface area contributed by atoms with Crippen molar-refractivity contribution in [3.63, 3.8) is 0 Å². The molecular formula is C30H47N4O9P. The summed E-state index contributed by atoms with van der Waals surface area (Å²) in [6.07, 6.45) is -0.524. The Morgan fingerprint density at radius 2 is 1.80 bits per heavy atom. The number of carbonyl (C=O) groups excluding carboxylic acids is 4. The van der Waals surface area contributed by atoms with Gasteiger partial charge in [-0.05, 0) is 41.4 Å². The molecule has 0 saturated heterocycles. The maximum absolute atomic E-state index is 13.7. The Morgan fingerprint density at radius 3 is 2.39 bits per heavy atom. The lowest BCUT2D eigenvalue weighted by molar-refractivity contribution is -0.149. The molecule has 44 heavy (non-hydrogen) atoms. The molecule has 1 aliphatic heterocycles. The van der Waals surface area contributed by atoms with Crippen molar-refractivity contribution >= 4 is 31.3 Å². The van der Waals surface area contributed by atoms with Crippen LogP contribution < -0.4 is 21.3 Å². The number of fused-ring (bicyclic) bond motifs is 2. The third kappa shape index (κ3) is 11.6. The molecule has 2 bridgehead atoms. The number of aliphatic hydroxyl groups excluding tert-OH is 1. The van der Waals surface area contributed by atoms with Gasteiger partial charge in [-0.1, -0.05) is 65.8 Å². The van der Waals surface area contributed by atoms with E-state index in [4.69, 9.17) is 9.26 Å². The van der Waals surface area contributed by atoms with Crippen LogP contribution in [0.1, 0.15) is 65.5 Å². The molecule has 1 aromatic rings. The zero-order chi connectivity index (χ0) is 33.2. The number of hydrogen-bond donors (Lipinski definition) is 6. The highest BCUT2D eigenvalue weighted by atomic mass is 31.2. The van der Waals surface area contributed by atoms with E-state index in [1.54, 1.807) is 52.0 Å². The van der Waals surface area contributed by atoms with E-state index in [2.05, 4.69) is 21.3 Å². The van der Waals surface area contributed by atoms with Gasteiger partial charge in [-0.15, -0.1) is 0 Å². The first-order valence-corrected chi connectivity index (χ1v) is 16.4. The minimum atomic E-state index is -4.74. The van der Waals surface area contributed by atoms with Crippen LogP contribution in [0.2, 0.25) is 0 Å². The number of benzene rings is 1. The van der Waals surface area contributed by atoms with Crippen LogP contribution in [0.15, 0.2) is 36.2 Å². The highest BCUT2D eigenvalue weighted by Gasteiger charge is 2.41. The van der Waals surface area contributed by atoms with Crippen molar-refractivity contribution in [2.24, 2.45) is 17.8 Å². The number of aliphatic hydroxyl groups is 1. The number of allylic oxidation sites excluding steroid dienone is 1. The van der Waals surface area contributed by atoms with Gasteiger partial charge < -0.3 is 36.0 Å². The predicted octanol–water partition coefficient (Wildman–Crippen LogP) is 2.64. The second-order valence-electron chi connectivity index (χ2n) is 12.1. The third-order valence-electron chi connectivity index (χ3n) is 6.81. The quantitative estimate of drug-likeness (QED) is 0.133. The predicted molar refractivity (Wildman–Crippen MR) is 164 cm³/mol. The van der Waals surface area contributed by atoms with E-state index in [1.807, 2.05) is 13.8 Å². The normalized spacial score (nSPS) is 24.5. The van der Waals surface area contributed by atoms with Crippen LogP contribution in [0, 0.1) is 17.8 Å². The second-order valence-corrected chi connectivity index (χ2v) is 14.0. The summed E-state index contributed by atoms with van der Waals surface area (Å²) in [7, 11) is -3.61. The molecule has 14 heteroatoms. The van der Waals surface area contributed by atoms with Crippen molar-refractivity contribution in [1.82, 2.24) is 21.3 Å². The molecule has 0 radical (unpaired) electrons. The van der Waals surface area contributed by atoms with Crippen LogP contribution in [0.5, 0.6) is 0 Å². The largest absolute Gasteiger partial charge is 0.495 e. The maximum atomic E-state index is 13.7. The molecule has 1 aliphatic rings. The first kappa shape index (κ1) is 36.8. The van der Waals surface area contributed by atoms with Crippen LogP contribution >= 0.6 is 7.60 Å². The molecule has 0 saturated carbocycles.